The van der Waals surface area contributed by atoms with E-state index in [2.05, 4.69) is 25.4 Å². The van der Waals surface area contributed by atoms with Crippen molar-refractivity contribution in [3.05, 3.63) is 85.4 Å². The van der Waals surface area contributed by atoms with Gasteiger partial charge in [-0.05, 0) is 18.2 Å². The summed E-state index contributed by atoms with van der Waals surface area (Å²) in [4.78, 5) is 49.0. The quantitative estimate of drug-likeness (QED) is 0.407. The van der Waals surface area contributed by atoms with E-state index < -0.39 is 17.2 Å². The van der Waals surface area contributed by atoms with Gasteiger partial charge in [0.15, 0.2) is 11.2 Å². The lowest BCUT2D eigenvalue weighted by Gasteiger charge is -2.13. The first-order valence-corrected chi connectivity index (χ1v) is 10.3. The number of nitrogens with one attached hydrogen (secondary N) is 2. The van der Waals surface area contributed by atoms with Crippen molar-refractivity contribution in [2.75, 3.05) is 5.32 Å². The monoisotopic (exact) mass is 481 g/mol. The average molecular weight is 482 g/mol. The molecule has 5 aromatic rings. The summed E-state index contributed by atoms with van der Waals surface area (Å²) >= 11 is 12.3. The highest BCUT2D eigenvalue weighted by molar-refractivity contribution is 6.36. The largest absolute Gasteiger partial charge is 0.334 e. The fraction of sp³-hybridized carbons (Fsp3) is 0.0476. The molecule has 0 saturated carbocycles. The number of aromatic nitrogens is 6. The van der Waals surface area contributed by atoms with Crippen molar-refractivity contribution in [2.24, 2.45) is 7.05 Å². The zero-order valence-electron chi connectivity index (χ0n) is 16.8. The number of H-pyrrole nitrogens is 1. The van der Waals surface area contributed by atoms with E-state index in [1.807, 2.05) is 6.07 Å². The number of anilines is 1. The summed E-state index contributed by atoms with van der Waals surface area (Å²) in [6.07, 6.45) is 2.86. The van der Waals surface area contributed by atoms with Gasteiger partial charge in [-0.3, -0.25) is 19.3 Å². The topological polar surface area (TPSA) is 128 Å². The van der Waals surface area contributed by atoms with Gasteiger partial charge in [0, 0.05) is 12.4 Å². The minimum Gasteiger partial charge on any atom is -0.320 e. The first kappa shape index (κ1) is 20.9. The van der Waals surface area contributed by atoms with Crippen LogP contribution in [0.5, 0.6) is 0 Å². The Balaban J connectivity index is 1.60. The number of aromatic amines is 1. The second-order valence-electron chi connectivity index (χ2n) is 7.07. The molecule has 0 unspecified atom stereocenters. The van der Waals surface area contributed by atoms with E-state index in [9.17, 15) is 14.4 Å². The van der Waals surface area contributed by atoms with Crippen LogP contribution >= 0.6 is 23.2 Å². The summed E-state index contributed by atoms with van der Waals surface area (Å²) in [5, 5.41) is 7.76. The molecule has 0 aliphatic rings. The van der Waals surface area contributed by atoms with E-state index in [0.717, 1.165) is 9.95 Å². The van der Waals surface area contributed by atoms with E-state index in [0.29, 0.717) is 11.1 Å². The molecule has 3 aromatic heterocycles. The first-order chi connectivity index (χ1) is 15.8. The van der Waals surface area contributed by atoms with Crippen LogP contribution in [0.25, 0.3) is 27.8 Å². The lowest BCUT2D eigenvalue weighted by Crippen LogP contribution is -2.34. The number of fused-ring (bicyclic) bond motifs is 2. The standard InChI is InChI=1S/C21H13Cl2N7O3/c1-29-17-10(8-25-29)4-2-5-11(17)19(31)26-12-6-3-7-13(15(12)23)30-20(32)16-18(28-21(30)33)27-14(22)9-24-16/h2-9H,1H3,(H,26,31)(H,27,28,33). The molecule has 33 heavy (non-hydrogen) atoms. The number of hydrogen-bond acceptors (Lipinski definition) is 6. The summed E-state index contributed by atoms with van der Waals surface area (Å²) in [5.41, 5.74) is -0.323. The van der Waals surface area contributed by atoms with Crippen LogP contribution in [0.4, 0.5) is 5.69 Å². The molecule has 2 aromatic carbocycles. The van der Waals surface area contributed by atoms with Gasteiger partial charge < -0.3 is 5.32 Å². The number of halogens is 2. The number of benzene rings is 2. The SMILES string of the molecule is Cn1ncc2cccc(C(=O)Nc3cccc(-n4c(=O)[nH]c5nc(Cl)cnc5c4=O)c3Cl)c21. The fourth-order valence-electron chi connectivity index (χ4n) is 3.58. The Hall–Kier alpha value is -4.02. The van der Waals surface area contributed by atoms with Crippen molar-refractivity contribution in [3.8, 4) is 5.69 Å². The van der Waals surface area contributed by atoms with Crippen LogP contribution in [0.1, 0.15) is 10.4 Å². The van der Waals surface area contributed by atoms with Crippen LogP contribution in [0.3, 0.4) is 0 Å². The maximum absolute atomic E-state index is 13.0. The van der Waals surface area contributed by atoms with Crippen LogP contribution in [0, 0.1) is 0 Å². The van der Waals surface area contributed by atoms with Gasteiger partial charge in [0.2, 0.25) is 0 Å². The molecule has 164 valence electrons. The molecule has 5 rings (SSSR count). The number of hydrogen-bond donors (Lipinski definition) is 2. The van der Waals surface area contributed by atoms with Crippen molar-refractivity contribution >= 4 is 56.9 Å². The van der Waals surface area contributed by atoms with E-state index in [4.69, 9.17) is 23.2 Å². The summed E-state index contributed by atoms with van der Waals surface area (Å²) in [7, 11) is 1.74. The molecule has 0 bridgehead atoms. The Labute approximate surface area is 194 Å². The number of carbonyl (C=O) groups excluding carboxylic acids is 1. The van der Waals surface area contributed by atoms with Gasteiger partial charge in [0.1, 0.15) is 5.15 Å². The summed E-state index contributed by atoms with van der Waals surface area (Å²) in [5.74, 6) is -0.427. The van der Waals surface area contributed by atoms with Crippen LogP contribution in [0.15, 0.2) is 58.4 Å². The molecule has 0 atom stereocenters. The third-order valence-electron chi connectivity index (χ3n) is 5.05. The highest BCUT2D eigenvalue weighted by Crippen LogP contribution is 2.29. The number of rotatable bonds is 3. The number of aryl methyl sites for hydroxylation is 1. The summed E-state index contributed by atoms with van der Waals surface area (Å²) in [6.45, 7) is 0. The molecule has 0 radical (unpaired) electrons. The predicted octanol–water partition coefficient (Wildman–Crippen LogP) is 2.91. The molecule has 0 aliphatic carbocycles. The lowest BCUT2D eigenvalue weighted by atomic mass is 10.1. The Morgan fingerprint density at radius 3 is 2.70 bits per heavy atom. The third kappa shape index (κ3) is 3.45. The van der Waals surface area contributed by atoms with E-state index in [-0.39, 0.29) is 32.7 Å². The van der Waals surface area contributed by atoms with Crippen molar-refractivity contribution in [1.82, 2.24) is 29.3 Å². The zero-order chi connectivity index (χ0) is 23.3. The van der Waals surface area contributed by atoms with E-state index in [1.54, 1.807) is 42.2 Å². The molecule has 3 heterocycles. The average Bonchev–Trinajstić information content (AvgIpc) is 3.17. The number of para-hydroxylation sites is 1. The third-order valence-corrected chi connectivity index (χ3v) is 5.63. The number of nitrogens with zero attached hydrogens (tertiary/aromatic N) is 5. The van der Waals surface area contributed by atoms with Crippen LogP contribution in [-0.2, 0) is 7.05 Å². The summed E-state index contributed by atoms with van der Waals surface area (Å²) < 4.78 is 2.43. The Kier molecular flexibility index (Phi) is 4.95. The Bertz CT molecular complexity index is 1700. The van der Waals surface area contributed by atoms with Crippen LogP contribution in [0.2, 0.25) is 10.2 Å². The second kappa shape index (κ2) is 7.84. The van der Waals surface area contributed by atoms with Gasteiger partial charge in [-0.2, -0.15) is 5.10 Å². The maximum atomic E-state index is 13.0. The van der Waals surface area contributed by atoms with Crippen molar-refractivity contribution in [2.45, 2.75) is 0 Å². The molecule has 10 nitrogen and oxygen atoms in total. The van der Waals surface area contributed by atoms with Gasteiger partial charge in [-0.15, -0.1) is 0 Å². The minimum atomic E-state index is -0.783. The minimum absolute atomic E-state index is 0.00287. The highest BCUT2D eigenvalue weighted by atomic mass is 35.5. The molecule has 0 spiro atoms. The molecule has 0 aliphatic heterocycles. The molecule has 0 fully saturated rings. The second-order valence-corrected chi connectivity index (χ2v) is 7.83. The highest BCUT2D eigenvalue weighted by Gasteiger charge is 2.19. The molecule has 12 heteroatoms. The molecular weight excluding hydrogens is 469 g/mol. The Morgan fingerprint density at radius 2 is 1.88 bits per heavy atom. The smallest absolute Gasteiger partial charge is 0.320 e. The number of carbonyl (C=O) groups is 1. The van der Waals surface area contributed by atoms with Crippen molar-refractivity contribution in [3.63, 3.8) is 0 Å². The first-order valence-electron chi connectivity index (χ1n) is 9.53. The predicted molar refractivity (Wildman–Crippen MR) is 124 cm³/mol. The van der Waals surface area contributed by atoms with E-state index >= 15 is 0 Å². The van der Waals surface area contributed by atoms with Gasteiger partial charge in [0.25, 0.3) is 11.5 Å². The maximum Gasteiger partial charge on any atom is 0.334 e. The van der Waals surface area contributed by atoms with Gasteiger partial charge in [0.05, 0.1) is 39.9 Å². The van der Waals surface area contributed by atoms with Crippen LogP contribution in [-0.4, -0.2) is 35.2 Å². The van der Waals surface area contributed by atoms with Gasteiger partial charge in [-0.1, -0.05) is 41.4 Å². The van der Waals surface area contributed by atoms with E-state index in [1.165, 1.54) is 12.3 Å². The molecular formula is C21H13Cl2N7O3. The Morgan fingerprint density at radius 1 is 1.09 bits per heavy atom. The van der Waals surface area contributed by atoms with Crippen molar-refractivity contribution < 1.29 is 4.79 Å². The fourth-order valence-corrected chi connectivity index (χ4v) is 3.97. The van der Waals surface area contributed by atoms with Crippen molar-refractivity contribution in [1.29, 1.82) is 0 Å². The molecule has 0 saturated heterocycles. The zero-order valence-corrected chi connectivity index (χ0v) is 18.3. The molecule has 1 amide bonds. The van der Waals surface area contributed by atoms with Gasteiger partial charge >= 0.3 is 5.69 Å². The molecule has 2 N–H and O–H groups in total. The lowest BCUT2D eigenvalue weighted by molar-refractivity contribution is 0.102. The number of amides is 1. The summed E-state index contributed by atoms with van der Waals surface area (Å²) in [6, 6.07) is 9.86. The van der Waals surface area contributed by atoms with Crippen LogP contribution < -0.4 is 16.6 Å². The van der Waals surface area contributed by atoms with Gasteiger partial charge in [-0.25, -0.2) is 19.3 Å². The normalized spacial score (nSPS) is 11.2.